The monoisotopic (exact) mass is 749 g/mol. The van der Waals surface area contributed by atoms with Crippen molar-refractivity contribution in [1.82, 2.24) is 35.9 Å². The summed E-state index contributed by atoms with van der Waals surface area (Å²) in [6.07, 6.45) is -0.938. The van der Waals surface area contributed by atoms with Crippen LogP contribution >= 0.6 is 11.3 Å². The number of pyridine rings is 1. The number of amides is 5. The number of aliphatic hydroxyl groups is 1. The van der Waals surface area contributed by atoms with Gasteiger partial charge in [0, 0.05) is 30.2 Å². The fourth-order valence-electron chi connectivity index (χ4n) is 6.40. The lowest BCUT2D eigenvalue weighted by molar-refractivity contribution is -0.132. The Balaban J connectivity index is 1.57. The van der Waals surface area contributed by atoms with Gasteiger partial charge in [-0.15, -0.1) is 11.3 Å². The van der Waals surface area contributed by atoms with Crippen molar-refractivity contribution in [3.05, 3.63) is 87.9 Å². The molecule has 3 aromatic rings. The largest absolute Gasteiger partial charge is 0.453 e. The molecule has 4 rings (SSSR count). The number of methoxy groups -OCH3 is 1. The maximum atomic E-state index is 14.4. The number of aliphatic hydroxyl groups excluding tert-OH is 1. The third-order valence-electron chi connectivity index (χ3n) is 9.48. The van der Waals surface area contributed by atoms with Crippen molar-refractivity contribution >= 4 is 35.3 Å². The summed E-state index contributed by atoms with van der Waals surface area (Å²) in [7, 11) is 1.23. The molecule has 1 aliphatic heterocycles. The Hall–Kier alpha value is -4.53. The van der Waals surface area contributed by atoms with E-state index in [1.165, 1.54) is 18.4 Å². The highest BCUT2D eigenvalue weighted by Crippen LogP contribution is 2.24. The number of nitrogens with zero attached hydrogens (tertiary/aromatic N) is 4. The number of rotatable bonds is 17. The van der Waals surface area contributed by atoms with E-state index in [1.807, 2.05) is 108 Å². The van der Waals surface area contributed by atoms with Crippen LogP contribution in [-0.2, 0) is 33.8 Å². The van der Waals surface area contributed by atoms with E-state index in [4.69, 9.17) is 4.74 Å². The standard InChI is InChI=1S/C39H55N7O6S/c1-8-26(2)33(46-20-19-44(38(46)51)23-29-17-12-14-27(3)40-29)35(48)41-31(22-28-15-10-9-11-16-28)32(47)25-45(24-30-18-13-21-53-30)43-36(49)34(39(4,5)6)42-37(50)52-7/h9-18,21,26,31-34,47H,8,19-20,22-25H2,1-7H3,(H,41,48)(H,42,50)(H,43,49)/t26-,31-,32-,33-,34+/m0/s1. The van der Waals surface area contributed by atoms with E-state index in [-0.39, 0.29) is 30.9 Å². The molecular weight excluding hydrogens is 695 g/mol. The van der Waals surface area contributed by atoms with Gasteiger partial charge in [0.15, 0.2) is 0 Å². The predicted octanol–water partition coefficient (Wildman–Crippen LogP) is 4.50. The summed E-state index contributed by atoms with van der Waals surface area (Å²) >= 11 is 1.50. The second kappa shape index (κ2) is 19.0. The molecule has 0 saturated carbocycles. The molecule has 0 bridgehead atoms. The van der Waals surface area contributed by atoms with Gasteiger partial charge < -0.3 is 30.3 Å². The van der Waals surface area contributed by atoms with E-state index in [0.717, 1.165) is 21.8 Å². The first-order valence-corrected chi connectivity index (χ1v) is 19.0. The Labute approximate surface area is 317 Å². The van der Waals surface area contributed by atoms with Crippen LogP contribution in [0.4, 0.5) is 9.59 Å². The average Bonchev–Trinajstić information content (AvgIpc) is 3.76. The van der Waals surface area contributed by atoms with Crippen molar-refractivity contribution in [3.63, 3.8) is 0 Å². The third kappa shape index (κ3) is 11.7. The van der Waals surface area contributed by atoms with Crippen LogP contribution in [0.5, 0.6) is 0 Å². The zero-order valence-corrected chi connectivity index (χ0v) is 32.7. The van der Waals surface area contributed by atoms with Gasteiger partial charge in [0.05, 0.1) is 38.0 Å². The minimum Gasteiger partial charge on any atom is -0.453 e. The van der Waals surface area contributed by atoms with Crippen molar-refractivity contribution in [2.45, 2.75) is 91.7 Å². The number of carbonyl (C=O) groups excluding carboxylic acids is 4. The van der Waals surface area contributed by atoms with Crippen LogP contribution in [0, 0.1) is 18.3 Å². The molecule has 13 nitrogen and oxygen atoms in total. The smallest absolute Gasteiger partial charge is 0.407 e. The predicted molar refractivity (Wildman–Crippen MR) is 204 cm³/mol. The molecule has 288 valence electrons. The van der Waals surface area contributed by atoms with Crippen LogP contribution in [0.15, 0.2) is 66.0 Å². The number of nitrogens with one attached hydrogen (secondary N) is 3. The Bertz CT molecular complexity index is 1650. The zero-order chi connectivity index (χ0) is 38.7. The second-order valence-corrected chi connectivity index (χ2v) is 15.8. The summed E-state index contributed by atoms with van der Waals surface area (Å²) in [6, 6.07) is 16.4. The first kappa shape index (κ1) is 41.2. The molecule has 4 N–H and O–H groups in total. The van der Waals surface area contributed by atoms with Crippen LogP contribution in [0.25, 0.3) is 0 Å². The molecule has 5 amide bonds. The SMILES string of the molecule is CC[C@H](C)[C@@H](C(=O)N[C@@H](Cc1ccccc1)[C@@H](O)CN(Cc1cccs1)NC(=O)[C@@H](NC(=O)OC)C(C)(C)C)N1CCN(Cc2cccc(C)n2)C1=O. The lowest BCUT2D eigenvalue weighted by Crippen LogP contribution is -2.60. The highest BCUT2D eigenvalue weighted by molar-refractivity contribution is 7.09. The summed E-state index contributed by atoms with van der Waals surface area (Å²) in [5, 5.41) is 21.2. The second-order valence-electron chi connectivity index (χ2n) is 14.7. The molecule has 0 unspecified atom stereocenters. The number of aryl methyl sites for hydroxylation is 1. The van der Waals surface area contributed by atoms with Crippen molar-refractivity contribution < 1.29 is 29.0 Å². The lowest BCUT2D eigenvalue weighted by atomic mass is 9.86. The van der Waals surface area contributed by atoms with Crippen LogP contribution in [0.3, 0.4) is 0 Å². The third-order valence-corrected chi connectivity index (χ3v) is 10.3. The van der Waals surface area contributed by atoms with E-state index in [0.29, 0.717) is 32.5 Å². The minimum atomic E-state index is -1.16. The molecule has 0 spiro atoms. The Morgan fingerprint density at radius 3 is 2.38 bits per heavy atom. The van der Waals surface area contributed by atoms with Crippen molar-refractivity contribution in [2.24, 2.45) is 11.3 Å². The average molecular weight is 750 g/mol. The van der Waals surface area contributed by atoms with E-state index < -0.39 is 41.6 Å². The molecule has 0 radical (unpaired) electrons. The highest BCUT2D eigenvalue weighted by atomic mass is 32.1. The van der Waals surface area contributed by atoms with E-state index >= 15 is 0 Å². The number of aromatic nitrogens is 1. The fourth-order valence-corrected chi connectivity index (χ4v) is 7.12. The van der Waals surface area contributed by atoms with Crippen molar-refractivity contribution in [2.75, 3.05) is 26.7 Å². The quantitative estimate of drug-likeness (QED) is 0.147. The molecule has 5 atom stereocenters. The number of benzene rings is 1. The normalized spacial score (nSPS) is 16.1. The Morgan fingerprint density at radius 2 is 1.75 bits per heavy atom. The van der Waals surface area contributed by atoms with Gasteiger partial charge in [-0.2, -0.15) is 0 Å². The number of alkyl carbamates (subject to hydrolysis) is 1. The maximum Gasteiger partial charge on any atom is 0.407 e. The molecule has 2 aromatic heterocycles. The molecule has 1 aliphatic rings. The number of carbonyl (C=O) groups is 4. The number of hydrazine groups is 1. The topological polar surface area (TPSA) is 156 Å². The molecule has 1 aromatic carbocycles. The first-order valence-electron chi connectivity index (χ1n) is 18.1. The molecule has 3 heterocycles. The summed E-state index contributed by atoms with van der Waals surface area (Å²) < 4.78 is 4.78. The molecule has 14 heteroatoms. The van der Waals surface area contributed by atoms with Crippen molar-refractivity contribution in [3.8, 4) is 0 Å². The van der Waals surface area contributed by atoms with Crippen LogP contribution in [-0.4, -0.2) is 99.8 Å². The summed E-state index contributed by atoms with van der Waals surface area (Å²) in [5.41, 5.74) is 4.80. The summed E-state index contributed by atoms with van der Waals surface area (Å²) in [6.45, 7) is 12.7. The Kier molecular flexibility index (Phi) is 14.8. The van der Waals surface area contributed by atoms with Gasteiger partial charge >= 0.3 is 12.1 Å². The van der Waals surface area contributed by atoms with E-state index in [2.05, 4.69) is 21.0 Å². The van der Waals surface area contributed by atoms with Gasteiger partial charge in [0.2, 0.25) is 5.91 Å². The fraction of sp³-hybridized carbons (Fsp3) is 0.513. The van der Waals surface area contributed by atoms with Crippen LogP contribution in [0.1, 0.15) is 62.9 Å². The van der Waals surface area contributed by atoms with Gasteiger partial charge in [0.25, 0.3) is 5.91 Å². The van der Waals surface area contributed by atoms with Gasteiger partial charge in [-0.1, -0.05) is 83.5 Å². The maximum absolute atomic E-state index is 14.4. The highest BCUT2D eigenvalue weighted by Gasteiger charge is 2.41. The molecule has 1 saturated heterocycles. The van der Waals surface area contributed by atoms with Crippen LogP contribution < -0.4 is 16.1 Å². The molecule has 53 heavy (non-hydrogen) atoms. The number of urea groups is 1. The summed E-state index contributed by atoms with van der Waals surface area (Å²) in [4.78, 5) is 62.9. The van der Waals surface area contributed by atoms with Gasteiger partial charge in [0.1, 0.15) is 12.1 Å². The lowest BCUT2D eigenvalue weighted by Gasteiger charge is -2.36. The molecule has 1 fully saturated rings. The zero-order valence-electron chi connectivity index (χ0n) is 31.9. The van der Waals surface area contributed by atoms with E-state index in [9.17, 15) is 24.3 Å². The van der Waals surface area contributed by atoms with Gasteiger partial charge in [-0.05, 0) is 53.8 Å². The van der Waals surface area contributed by atoms with E-state index in [1.54, 1.807) is 14.8 Å². The Morgan fingerprint density at radius 1 is 1.02 bits per heavy atom. The number of hydrogen-bond acceptors (Lipinski definition) is 9. The number of thiophene rings is 1. The van der Waals surface area contributed by atoms with Gasteiger partial charge in [-0.3, -0.25) is 20.0 Å². The summed E-state index contributed by atoms with van der Waals surface area (Å²) in [5.74, 6) is -1.01. The number of ether oxygens (including phenoxy) is 1. The molecular formula is C39H55N7O6S. The van der Waals surface area contributed by atoms with Crippen LogP contribution in [0.2, 0.25) is 0 Å². The number of hydrogen-bond donors (Lipinski definition) is 4. The minimum absolute atomic E-state index is 0.0512. The van der Waals surface area contributed by atoms with Crippen molar-refractivity contribution in [1.29, 1.82) is 0 Å². The first-order chi connectivity index (χ1) is 25.2. The van der Waals surface area contributed by atoms with Gasteiger partial charge in [-0.25, -0.2) is 14.6 Å². The molecule has 0 aliphatic carbocycles.